The molecular formula is C18H13ClO2. The molecule has 2 aromatic carbocycles. The minimum Gasteiger partial charge on any atom is -0.422 e. The molecule has 0 spiro atoms. The molecule has 0 saturated heterocycles. The average molecular weight is 297 g/mol. The van der Waals surface area contributed by atoms with Crippen LogP contribution < -0.4 is 0 Å². The molecule has 1 aliphatic heterocycles. The van der Waals surface area contributed by atoms with Crippen molar-refractivity contribution in [2.45, 2.75) is 6.92 Å². The Morgan fingerprint density at radius 3 is 2.48 bits per heavy atom. The van der Waals surface area contributed by atoms with Crippen LogP contribution in [-0.4, -0.2) is 5.97 Å². The molecule has 104 valence electrons. The van der Waals surface area contributed by atoms with E-state index in [1.807, 2.05) is 49.4 Å². The summed E-state index contributed by atoms with van der Waals surface area (Å²) in [5.74, 6) is 0.222. The molecule has 21 heavy (non-hydrogen) atoms. The largest absolute Gasteiger partial charge is 0.422 e. The summed E-state index contributed by atoms with van der Waals surface area (Å²) in [6.45, 7) is 2.01. The summed E-state index contributed by atoms with van der Waals surface area (Å²) < 4.78 is 5.32. The Labute approximate surface area is 128 Å². The fourth-order valence-corrected chi connectivity index (χ4v) is 2.29. The first-order valence-electron chi connectivity index (χ1n) is 6.60. The van der Waals surface area contributed by atoms with Crippen molar-refractivity contribution in [2.24, 2.45) is 0 Å². The molecule has 2 nitrogen and oxygen atoms in total. The molecule has 3 heteroatoms. The van der Waals surface area contributed by atoms with E-state index in [2.05, 4.69) is 0 Å². The molecule has 0 amide bonds. The smallest absolute Gasteiger partial charge is 0.343 e. The van der Waals surface area contributed by atoms with Gasteiger partial charge in [0.05, 0.1) is 5.57 Å². The highest BCUT2D eigenvalue weighted by molar-refractivity contribution is 6.30. The number of hydrogen-bond donors (Lipinski definition) is 0. The minimum atomic E-state index is -0.330. The Kier molecular flexibility index (Phi) is 3.63. The van der Waals surface area contributed by atoms with Crippen LogP contribution >= 0.6 is 11.6 Å². The van der Waals surface area contributed by atoms with Crippen LogP contribution in [-0.2, 0) is 9.53 Å². The SMILES string of the molecule is Cc1ccccc1/C=C1\C=C(c2ccc(Cl)cc2)OC1=O. The van der Waals surface area contributed by atoms with Gasteiger partial charge in [-0.2, -0.15) is 0 Å². The third-order valence-electron chi connectivity index (χ3n) is 3.35. The molecule has 0 unspecified atom stereocenters. The van der Waals surface area contributed by atoms with Gasteiger partial charge in [-0.3, -0.25) is 0 Å². The Balaban J connectivity index is 1.96. The second kappa shape index (κ2) is 5.58. The number of cyclic esters (lactones) is 1. The van der Waals surface area contributed by atoms with E-state index in [1.165, 1.54) is 0 Å². The first-order chi connectivity index (χ1) is 10.1. The Morgan fingerprint density at radius 1 is 1.05 bits per heavy atom. The van der Waals surface area contributed by atoms with E-state index in [-0.39, 0.29) is 5.97 Å². The lowest BCUT2D eigenvalue weighted by Gasteiger charge is -2.01. The molecule has 0 radical (unpaired) electrons. The van der Waals surface area contributed by atoms with E-state index in [9.17, 15) is 4.79 Å². The third-order valence-corrected chi connectivity index (χ3v) is 3.61. The van der Waals surface area contributed by atoms with Gasteiger partial charge in [-0.15, -0.1) is 0 Å². The molecule has 3 rings (SSSR count). The van der Waals surface area contributed by atoms with E-state index in [0.29, 0.717) is 16.4 Å². The zero-order chi connectivity index (χ0) is 14.8. The Morgan fingerprint density at radius 2 is 1.76 bits per heavy atom. The van der Waals surface area contributed by atoms with Crippen molar-refractivity contribution in [1.29, 1.82) is 0 Å². The maximum Gasteiger partial charge on any atom is 0.343 e. The first-order valence-corrected chi connectivity index (χ1v) is 6.98. The molecule has 0 fully saturated rings. The summed E-state index contributed by atoms with van der Waals surface area (Å²) >= 11 is 5.86. The van der Waals surface area contributed by atoms with E-state index < -0.39 is 0 Å². The van der Waals surface area contributed by atoms with Gasteiger partial charge in [0.2, 0.25) is 0 Å². The van der Waals surface area contributed by atoms with Crippen LogP contribution in [0.25, 0.3) is 11.8 Å². The summed E-state index contributed by atoms with van der Waals surface area (Å²) in [5, 5.41) is 0.652. The summed E-state index contributed by atoms with van der Waals surface area (Å²) in [4.78, 5) is 12.0. The van der Waals surface area contributed by atoms with Crippen molar-refractivity contribution >= 4 is 29.4 Å². The van der Waals surface area contributed by atoms with E-state index >= 15 is 0 Å². The minimum absolute atomic E-state index is 0.330. The maximum atomic E-state index is 12.0. The number of aryl methyl sites for hydroxylation is 1. The quantitative estimate of drug-likeness (QED) is 0.596. The number of rotatable bonds is 2. The fourth-order valence-electron chi connectivity index (χ4n) is 2.16. The van der Waals surface area contributed by atoms with Gasteiger partial charge in [0, 0.05) is 10.6 Å². The summed E-state index contributed by atoms with van der Waals surface area (Å²) in [5.41, 5.74) is 3.51. The van der Waals surface area contributed by atoms with Gasteiger partial charge in [0.25, 0.3) is 0 Å². The van der Waals surface area contributed by atoms with Crippen LogP contribution in [0.4, 0.5) is 0 Å². The lowest BCUT2D eigenvalue weighted by molar-refractivity contribution is -0.130. The van der Waals surface area contributed by atoms with Gasteiger partial charge in [0.15, 0.2) is 0 Å². The molecule has 0 aliphatic carbocycles. The van der Waals surface area contributed by atoms with Crippen LogP contribution in [0.5, 0.6) is 0 Å². The van der Waals surface area contributed by atoms with Crippen molar-refractivity contribution in [2.75, 3.05) is 0 Å². The molecule has 0 atom stereocenters. The summed E-state index contributed by atoms with van der Waals surface area (Å²) in [6, 6.07) is 15.1. The second-order valence-electron chi connectivity index (χ2n) is 4.86. The number of carbonyl (C=O) groups is 1. The Bertz CT molecular complexity index is 755. The van der Waals surface area contributed by atoms with Gasteiger partial charge in [-0.05, 0) is 54.5 Å². The summed E-state index contributed by atoms with van der Waals surface area (Å²) in [6.07, 6.45) is 3.61. The lowest BCUT2D eigenvalue weighted by atomic mass is 10.1. The van der Waals surface area contributed by atoms with Gasteiger partial charge in [-0.25, -0.2) is 4.79 Å². The standard InChI is InChI=1S/C18H13ClO2/c1-12-4-2-3-5-14(12)10-15-11-17(21-18(15)20)13-6-8-16(19)9-7-13/h2-11H,1H3/b15-10+. The van der Waals surface area contributed by atoms with Crippen LogP contribution in [0.15, 0.2) is 60.2 Å². The molecule has 0 bridgehead atoms. The predicted octanol–water partition coefficient (Wildman–Crippen LogP) is 4.63. The molecule has 0 aromatic heterocycles. The van der Waals surface area contributed by atoms with Crippen LogP contribution in [0.2, 0.25) is 5.02 Å². The number of esters is 1. The molecule has 0 saturated carbocycles. The molecule has 0 N–H and O–H groups in total. The highest BCUT2D eigenvalue weighted by Gasteiger charge is 2.21. The zero-order valence-corrected chi connectivity index (χ0v) is 12.2. The molecule has 1 heterocycles. The fraction of sp³-hybridized carbons (Fsp3) is 0.0556. The van der Waals surface area contributed by atoms with Crippen LogP contribution in [0.1, 0.15) is 16.7 Å². The van der Waals surface area contributed by atoms with Crippen molar-refractivity contribution < 1.29 is 9.53 Å². The van der Waals surface area contributed by atoms with Gasteiger partial charge in [0.1, 0.15) is 5.76 Å². The number of benzene rings is 2. The molecule has 2 aromatic rings. The monoisotopic (exact) mass is 296 g/mol. The number of carbonyl (C=O) groups excluding carboxylic acids is 1. The zero-order valence-electron chi connectivity index (χ0n) is 11.5. The number of halogens is 1. The van der Waals surface area contributed by atoms with Crippen molar-refractivity contribution in [3.05, 3.63) is 81.9 Å². The first kappa shape index (κ1) is 13.7. The average Bonchev–Trinajstić information content (AvgIpc) is 2.83. The van der Waals surface area contributed by atoms with E-state index in [0.717, 1.165) is 16.7 Å². The predicted molar refractivity (Wildman–Crippen MR) is 84.7 cm³/mol. The topological polar surface area (TPSA) is 26.3 Å². The molecule has 1 aliphatic rings. The Hall–Kier alpha value is -2.32. The lowest BCUT2D eigenvalue weighted by Crippen LogP contribution is -1.97. The van der Waals surface area contributed by atoms with Crippen LogP contribution in [0, 0.1) is 6.92 Å². The van der Waals surface area contributed by atoms with Gasteiger partial charge < -0.3 is 4.74 Å². The van der Waals surface area contributed by atoms with E-state index in [1.54, 1.807) is 18.2 Å². The highest BCUT2D eigenvalue weighted by atomic mass is 35.5. The highest BCUT2D eigenvalue weighted by Crippen LogP contribution is 2.28. The number of ether oxygens (including phenoxy) is 1. The van der Waals surface area contributed by atoms with E-state index in [4.69, 9.17) is 16.3 Å². The number of hydrogen-bond acceptors (Lipinski definition) is 2. The molecular weight excluding hydrogens is 284 g/mol. The van der Waals surface area contributed by atoms with Crippen molar-refractivity contribution in [3.8, 4) is 0 Å². The summed E-state index contributed by atoms with van der Waals surface area (Å²) in [7, 11) is 0. The second-order valence-corrected chi connectivity index (χ2v) is 5.30. The van der Waals surface area contributed by atoms with Gasteiger partial charge in [-0.1, -0.05) is 35.9 Å². The third kappa shape index (κ3) is 2.91. The normalized spacial score (nSPS) is 16.0. The maximum absolute atomic E-state index is 12.0. The van der Waals surface area contributed by atoms with Crippen molar-refractivity contribution in [3.63, 3.8) is 0 Å². The van der Waals surface area contributed by atoms with Gasteiger partial charge >= 0.3 is 5.97 Å². The van der Waals surface area contributed by atoms with Crippen molar-refractivity contribution in [1.82, 2.24) is 0 Å². The van der Waals surface area contributed by atoms with Crippen LogP contribution in [0.3, 0.4) is 0 Å².